The number of hydrogen-bond donors (Lipinski definition) is 2. The molecule has 5 nitrogen and oxygen atoms in total. The van der Waals surface area contributed by atoms with E-state index in [9.17, 15) is 4.79 Å². The molecule has 2 N–H and O–H groups in total. The van der Waals surface area contributed by atoms with Crippen LogP contribution in [0.5, 0.6) is 0 Å². The van der Waals surface area contributed by atoms with Gasteiger partial charge in [-0.2, -0.15) is 0 Å². The molecule has 1 fully saturated rings. The van der Waals surface area contributed by atoms with Gasteiger partial charge >= 0.3 is 0 Å². The quantitative estimate of drug-likeness (QED) is 0.158. The van der Waals surface area contributed by atoms with E-state index in [1.807, 2.05) is 6.08 Å². The van der Waals surface area contributed by atoms with E-state index in [1.54, 1.807) is 0 Å². The zero-order chi connectivity index (χ0) is 16.9. The molecule has 0 aromatic rings. The van der Waals surface area contributed by atoms with Crippen LogP contribution in [-0.2, 0) is 4.79 Å². The highest BCUT2D eigenvalue weighted by Gasteiger charge is 2.22. The molecular weight excluding hydrogens is 415 g/mol. The van der Waals surface area contributed by atoms with Crippen molar-refractivity contribution in [2.75, 3.05) is 26.7 Å². The number of carbonyl (C=O) groups excluding carboxylic acids is 1. The van der Waals surface area contributed by atoms with Gasteiger partial charge in [0.05, 0.1) is 0 Å². The fourth-order valence-corrected chi connectivity index (χ4v) is 2.34. The van der Waals surface area contributed by atoms with Crippen molar-refractivity contribution < 1.29 is 4.79 Å². The first-order valence-electron chi connectivity index (χ1n) is 9.07. The summed E-state index contributed by atoms with van der Waals surface area (Å²) in [4.78, 5) is 18.4. The minimum Gasteiger partial charge on any atom is -0.357 e. The van der Waals surface area contributed by atoms with Gasteiger partial charge in [0.25, 0.3) is 0 Å². The second kappa shape index (κ2) is 14.5. The molecule has 24 heavy (non-hydrogen) atoms. The van der Waals surface area contributed by atoms with Crippen LogP contribution >= 0.6 is 24.0 Å². The van der Waals surface area contributed by atoms with Crippen molar-refractivity contribution in [3.63, 3.8) is 0 Å². The van der Waals surface area contributed by atoms with Crippen LogP contribution in [-0.4, -0.2) is 49.5 Å². The zero-order valence-corrected chi connectivity index (χ0v) is 17.7. The molecule has 0 atom stereocenters. The molecule has 1 aliphatic rings. The molecule has 1 rings (SSSR count). The maximum absolute atomic E-state index is 11.6. The SMILES string of the molecule is C=CCCCCCN(C)C(=NCCCC(=O)NC1CC1)NCC.I. The number of unbranched alkanes of at least 4 members (excludes halogenated alkanes) is 3. The van der Waals surface area contributed by atoms with Gasteiger partial charge in [0, 0.05) is 39.1 Å². The van der Waals surface area contributed by atoms with Crippen LogP contribution in [0.25, 0.3) is 0 Å². The molecular formula is C18H35IN4O. The molecule has 6 heteroatoms. The van der Waals surface area contributed by atoms with Crippen LogP contribution in [0.1, 0.15) is 58.3 Å². The second-order valence-electron chi connectivity index (χ2n) is 6.24. The number of nitrogens with zero attached hydrogens (tertiary/aromatic N) is 2. The van der Waals surface area contributed by atoms with E-state index in [1.165, 1.54) is 19.3 Å². The van der Waals surface area contributed by atoms with Crippen molar-refractivity contribution in [1.29, 1.82) is 0 Å². The van der Waals surface area contributed by atoms with Gasteiger partial charge in [0.2, 0.25) is 5.91 Å². The first-order valence-corrected chi connectivity index (χ1v) is 9.07. The highest BCUT2D eigenvalue weighted by atomic mass is 127. The molecule has 1 saturated carbocycles. The summed E-state index contributed by atoms with van der Waals surface area (Å²) in [6.45, 7) is 8.39. The number of carbonyl (C=O) groups is 1. The highest BCUT2D eigenvalue weighted by molar-refractivity contribution is 14.0. The molecule has 0 bridgehead atoms. The number of nitrogens with one attached hydrogen (secondary N) is 2. The van der Waals surface area contributed by atoms with Crippen molar-refractivity contribution in [1.82, 2.24) is 15.5 Å². The summed E-state index contributed by atoms with van der Waals surface area (Å²) in [5, 5.41) is 6.34. The van der Waals surface area contributed by atoms with E-state index in [4.69, 9.17) is 0 Å². The lowest BCUT2D eigenvalue weighted by molar-refractivity contribution is -0.121. The lowest BCUT2D eigenvalue weighted by Crippen LogP contribution is -2.39. The minimum atomic E-state index is 0. The summed E-state index contributed by atoms with van der Waals surface area (Å²) >= 11 is 0. The van der Waals surface area contributed by atoms with Crippen LogP contribution < -0.4 is 10.6 Å². The minimum absolute atomic E-state index is 0. The molecule has 0 aromatic carbocycles. The van der Waals surface area contributed by atoms with Gasteiger partial charge in [-0.3, -0.25) is 9.79 Å². The lowest BCUT2D eigenvalue weighted by atomic mass is 10.2. The van der Waals surface area contributed by atoms with E-state index in [0.717, 1.165) is 44.7 Å². The summed E-state index contributed by atoms with van der Waals surface area (Å²) in [5.41, 5.74) is 0. The van der Waals surface area contributed by atoms with Gasteiger partial charge in [-0.1, -0.05) is 12.5 Å². The van der Waals surface area contributed by atoms with E-state index in [-0.39, 0.29) is 29.9 Å². The summed E-state index contributed by atoms with van der Waals surface area (Å²) in [6.07, 6.45) is 10.3. The summed E-state index contributed by atoms with van der Waals surface area (Å²) in [5.74, 6) is 1.11. The topological polar surface area (TPSA) is 56.7 Å². The molecule has 1 amide bonds. The third kappa shape index (κ3) is 11.7. The first-order chi connectivity index (χ1) is 11.2. The largest absolute Gasteiger partial charge is 0.357 e. The van der Waals surface area contributed by atoms with Crippen LogP contribution in [0, 0.1) is 0 Å². The van der Waals surface area contributed by atoms with Crippen molar-refractivity contribution in [2.45, 2.75) is 64.3 Å². The van der Waals surface area contributed by atoms with E-state index in [0.29, 0.717) is 19.0 Å². The fraction of sp³-hybridized carbons (Fsp3) is 0.778. The summed E-state index contributed by atoms with van der Waals surface area (Å²) in [6, 6.07) is 0.454. The Hall–Kier alpha value is -0.790. The third-order valence-electron chi connectivity index (χ3n) is 3.86. The van der Waals surface area contributed by atoms with Crippen molar-refractivity contribution in [3.05, 3.63) is 12.7 Å². The Morgan fingerprint density at radius 2 is 2.04 bits per heavy atom. The molecule has 0 saturated heterocycles. The summed E-state index contributed by atoms with van der Waals surface area (Å²) < 4.78 is 0. The van der Waals surface area contributed by atoms with Gasteiger partial charge in [-0.15, -0.1) is 30.6 Å². The molecule has 0 heterocycles. The molecule has 0 aromatic heterocycles. The first kappa shape index (κ1) is 23.2. The van der Waals surface area contributed by atoms with Crippen molar-refractivity contribution in [2.24, 2.45) is 4.99 Å². The molecule has 0 radical (unpaired) electrons. The molecule has 140 valence electrons. The smallest absolute Gasteiger partial charge is 0.220 e. The second-order valence-corrected chi connectivity index (χ2v) is 6.24. The normalized spacial score (nSPS) is 13.8. The Morgan fingerprint density at radius 3 is 2.67 bits per heavy atom. The van der Waals surface area contributed by atoms with Gasteiger partial charge < -0.3 is 15.5 Å². The van der Waals surface area contributed by atoms with Gasteiger partial charge in [-0.25, -0.2) is 0 Å². The maximum atomic E-state index is 11.6. The number of halogens is 1. The standard InChI is InChI=1S/C18H34N4O.HI/c1-4-6-7-8-9-15-22(3)18(19-5-2)20-14-10-11-17(23)21-16-12-13-16;/h4,16H,1,5-15H2,2-3H3,(H,19,20)(H,21,23);1H. The molecule has 0 unspecified atom stereocenters. The van der Waals surface area contributed by atoms with Crippen LogP contribution in [0.3, 0.4) is 0 Å². The van der Waals surface area contributed by atoms with Crippen LogP contribution in [0.15, 0.2) is 17.6 Å². The fourth-order valence-electron chi connectivity index (χ4n) is 2.34. The van der Waals surface area contributed by atoms with Crippen LogP contribution in [0.2, 0.25) is 0 Å². The van der Waals surface area contributed by atoms with E-state index in [2.05, 4.69) is 41.1 Å². The lowest BCUT2D eigenvalue weighted by Gasteiger charge is -2.22. The zero-order valence-electron chi connectivity index (χ0n) is 15.4. The molecule has 1 aliphatic carbocycles. The summed E-state index contributed by atoms with van der Waals surface area (Å²) in [7, 11) is 2.08. The predicted molar refractivity (Wildman–Crippen MR) is 113 cm³/mol. The average Bonchev–Trinajstić information content (AvgIpc) is 3.33. The molecule has 0 spiro atoms. The number of allylic oxidation sites excluding steroid dienone is 1. The molecule has 0 aliphatic heterocycles. The Kier molecular flexibility index (Phi) is 14.1. The number of guanidine groups is 1. The number of hydrogen-bond acceptors (Lipinski definition) is 2. The Morgan fingerprint density at radius 1 is 1.29 bits per heavy atom. The number of aliphatic imine (C=N–C) groups is 1. The Labute approximate surface area is 164 Å². The third-order valence-corrected chi connectivity index (χ3v) is 3.86. The van der Waals surface area contributed by atoms with Gasteiger partial charge in [0.15, 0.2) is 5.96 Å². The average molecular weight is 450 g/mol. The number of amides is 1. The van der Waals surface area contributed by atoms with Crippen LogP contribution in [0.4, 0.5) is 0 Å². The van der Waals surface area contributed by atoms with Crippen molar-refractivity contribution >= 4 is 35.8 Å². The van der Waals surface area contributed by atoms with E-state index < -0.39 is 0 Å². The number of rotatable bonds is 12. The van der Waals surface area contributed by atoms with Gasteiger partial charge in [0.1, 0.15) is 0 Å². The predicted octanol–water partition coefficient (Wildman–Crippen LogP) is 3.31. The Bertz CT molecular complexity index is 383. The van der Waals surface area contributed by atoms with Gasteiger partial charge in [-0.05, 0) is 45.4 Å². The maximum Gasteiger partial charge on any atom is 0.220 e. The van der Waals surface area contributed by atoms with Crippen molar-refractivity contribution in [3.8, 4) is 0 Å². The Balaban J connectivity index is 0.00000529. The monoisotopic (exact) mass is 450 g/mol. The van der Waals surface area contributed by atoms with E-state index >= 15 is 0 Å². The highest BCUT2D eigenvalue weighted by Crippen LogP contribution is 2.18.